The normalized spacial score (nSPS) is 12.2. The van der Waals surface area contributed by atoms with Gasteiger partial charge in [-0.3, -0.25) is 0 Å². The fraction of sp³-hybridized carbons (Fsp3) is 0.188. The Hall–Kier alpha value is -2.71. The number of aromatic nitrogens is 2. The number of aliphatic hydroxyl groups excluding tert-OH is 1. The van der Waals surface area contributed by atoms with Crippen LogP contribution in [0.15, 0.2) is 47.0 Å². The van der Waals surface area contributed by atoms with Crippen LogP contribution in [-0.4, -0.2) is 21.4 Å². The summed E-state index contributed by atoms with van der Waals surface area (Å²) in [6, 6.07) is 15.8. The van der Waals surface area contributed by atoms with E-state index in [0.29, 0.717) is 11.7 Å². The first-order valence-electron chi connectivity index (χ1n) is 6.63. The first-order valence-corrected chi connectivity index (χ1v) is 6.63. The van der Waals surface area contributed by atoms with E-state index in [4.69, 9.17) is 9.78 Å². The SMILES string of the molecule is N#CCC(O)Cc1nc(-c2cccc3ccccc23)no1. The highest BCUT2D eigenvalue weighted by Gasteiger charge is 2.14. The van der Waals surface area contributed by atoms with Crippen LogP contribution in [0.1, 0.15) is 12.3 Å². The molecule has 0 spiro atoms. The van der Waals surface area contributed by atoms with Crippen molar-refractivity contribution in [2.75, 3.05) is 0 Å². The van der Waals surface area contributed by atoms with Crippen LogP contribution in [0, 0.1) is 11.3 Å². The van der Waals surface area contributed by atoms with Crippen LogP contribution in [0.25, 0.3) is 22.2 Å². The van der Waals surface area contributed by atoms with Crippen LogP contribution in [0.3, 0.4) is 0 Å². The topological polar surface area (TPSA) is 82.9 Å². The van der Waals surface area contributed by atoms with Gasteiger partial charge in [0.15, 0.2) is 0 Å². The average Bonchev–Trinajstić information content (AvgIpc) is 2.95. The van der Waals surface area contributed by atoms with Crippen molar-refractivity contribution in [3.05, 3.63) is 48.4 Å². The van der Waals surface area contributed by atoms with Gasteiger partial charge in [0.25, 0.3) is 0 Å². The fourth-order valence-electron chi connectivity index (χ4n) is 2.25. The quantitative estimate of drug-likeness (QED) is 0.793. The zero-order chi connectivity index (χ0) is 14.7. The van der Waals surface area contributed by atoms with Crippen molar-refractivity contribution in [1.29, 1.82) is 5.26 Å². The van der Waals surface area contributed by atoms with E-state index in [0.717, 1.165) is 16.3 Å². The van der Waals surface area contributed by atoms with E-state index in [2.05, 4.69) is 10.1 Å². The first kappa shape index (κ1) is 13.3. The van der Waals surface area contributed by atoms with E-state index >= 15 is 0 Å². The van der Waals surface area contributed by atoms with Crippen LogP contribution in [0.4, 0.5) is 0 Å². The summed E-state index contributed by atoms with van der Waals surface area (Å²) in [5, 5.41) is 24.3. The Bertz CT molecular complexity index is 799. The number of hydrogen-bond donors (Lipinski definition) is 1. The minimum Gasteiger partial charge on any atom is -0.392 e. The molecule has 0 saturated carbocycles. The lowest BCUT2D eigenvalue weighted by Gasteiger charge is -2.02. The van der Waals surface area contributed by atoms with E-state index in [1.165, 1.54) is 0 Å². The van der Waals surface area contributed by atoms with Gasteiger partial charge < -0.3 is 9.63 Å². The van der Waals surface area contributed by atoms with Gasteiger partial charge in [-0.05, 0) is 10.8 Å². The zero-order valence-electron chi connectivity index (χ0n) is 11.2. The van der Waals surface area contributed by atoms with Crippen molar-refractivity contribution < 1.29 is 9.63 Å². The van der Waals surface area contributed by atoms with Crippen molar-refractivity contribution >= 4 is 10.8 Å². The molecule has 1 unspecified atom stereocenters. The van der Waals surface area contributed by atoms with Gasteiger partial charge in [0, 0.05) is 5.56 Å². The van der Waals surface area contributed by atoms with Crippen molar-refractivity contribution in [3.8, 4) is 17.5 Å². The summed E-state index contributed by atoms with van der Waals surface area (Å²) in [6.07, 6.45) is -0.548. The van der Waals surface area contributed by atoms with Crippen molar-refractivity contribution in [2.24, 2.45) is 0 Å². The highest BCUT2D eigenvalue weighted by atomic mass is 16.5. The molecule has 1 N–H and O–H groups in total. The molecule has 1 heterocycles. The Morgan fingerprint density at radius 2 is 2.00 bits per heavy atom. The molecule has 0 fully saturated rings. The molecule has 5 nitrogen and oxygen atoms in total. The van der Waals surface area contributed by atoms with E-state index in [1.807, 2.05) is 48.5 Å². The maximum atomic E-state index is 9.60. The van der Waals surface area contributed by atoms with E-state index in [9.17, 15) is 5.11 Å². The molecular weight excluding hydrogens is 266 g/mol. The Labute approximate surface area is 121 Å². The predicted molar refractivity (Wildman–Crippen MR) is 77.2 cm³/mol. The maximum absolute atomic E-state index is 9.60. The molecule has 0 bridgehead atoms. The maximum Gasteiger partial charge on any atom is 0.229 e. The van der Waals surface area contributed by atoms with E-state index < -0.39 is 6.10 Å². The van der Waals surface area contributed by atoms with Gasteiger partial charge in [-0.15, -0.1) is 0 Å². The highest BCUT2D eigenvalue weighted by molar-refractivity contribution is 5.94. The molecule has 0 aliphatic heterocycles. The second-order valence-corrected chi connectivity index (χ2v) is 4.76. The molecule has 0 aliphatic rings. The fourth-order valence-corrected chi connectivity index (χ4v) is 2.25. The van der Waals surface area contributed by atoms with E-state index in [-0.39, 0.29) is 12.8 Å². The summed E-state index contributed by atoms with van der Waals surface area (Å²) in [5.74, 6) is 0.826. The Kier molecular flexibility index (Phi) is 3.63. The predicted octanol–water partition coefficient (Wildman–Crippen LogP) is 2.71. The minimum atomic E-state index is -0.782. The van der Waals surface area contributed by atoms with Gasteiger partial charge in [-0.1, -0.05) is 47.6 Å². The van der Waals surface area contributed by atoms with Crippen molar-refractivity contribution in [3.63, 3.8) is 0 Å². The summed E-state index contributed by atoms with van der Waals surface area (Å²) in [7, 11) is 0. The van der Waals surface area contributed by atoms with Crippen LogP contribution in [0.2, 0.25) is 0 Å². The van der Waals surface area contributed by atoms with Gasteiger partial charge in [0.2, 0.25) is 11.7 Å². The lowest BCUT2D eigenvalue weighted by molar-refractivity contribution is 0.167. The van der Waals surface area contributed by atoms with Crippen LogP contribution in [0.5, 0.6) is 0 Å². The number of benzene rings is 2. The number of nitriles is 1. The molecule has 5 heteroatoms. The van der Waals surface area contributed by atoms with Gasteiger partial charge >= 0.3 is 0 Å². The molecule has 2 aromatic carbocycles. The van der Waals surface area contributed by atoms with Gasteiger partial charge in [0.05, 0.1) is 25.0 Å². The van der Waals surface area contributed by atoms with Crippen molar-refractivity contribution in [2.45, 2.75) is 18.9 Å². The first-order chi connectivity index (χ1) is 10.3. The van der Waals surface area contributed by atoms with E-state index in [1.54, 1.807) is 0 Å². The molecule has 0 radical (unpaired) electrons. The third-order valence-corrected chi connectivity index (χ3v) is 3.24. The third kappa shape index (κ3) is 2.76. The molecule has 21 heavy (non-hydrogen) atoms. The summed E-state index contributed by atoms with van der Waals surface area (Å²) in [4.78, 5) is 4.31. The van der Waals surface area contributed by atoms with Gasteiger partial charge in [0.1, 0.15) is 0 Å². The number of aliphatic hydroxyl groups is 1. The number of nitrogens with zero attached hydrogens (tertiary/aromatic N) is 3. The summed E-state index contributed by atoms with van der Waals surface area (Å²) in [5.41, 5.74) is 0.887. The molecule has 104 valence electrons. The van der Waals surface area contributed by atoms with Crippen LogP contribution < -0.4 is 0 Å². The Morgan fingerprint density at radius 1 is 1.19 bits per heavy atom. The summed E-state index contributed by atoms with van der Waals surface area (Å²) < 4.78 is 5.15. The molecule has 1 atom stereocenters. The third-order valence-electron chi connectivity index (χ3n) is 3.24. The highest BCUT2D eigenvalue weighted by Crippen LogP contribution is 2.26. The van der Waals surface area contributed by atoms with Gasteiger partial charge in [-0.25, -0.2) is 0 Å². The Morgan fingerprint density at radius 3 is 2.86 bits per heavy atom. The van der Waals surface area contributed by atoms with Crippen LogP contribution in [-0.2, 0) is 6.42 Å². The molecule has 0 aliphatic carbocycles. The average molecular weight is 279 g/mol. The molecule has 0 saturated heterocycles. The number of fused-ring (bicyclic) bond motifs is 1. The lowest BCUT2D eigenvalue weighted by Crippen LogP contribution is -2.09. The second kappa shape index (κ2) is 5.73. The molecule has 3 aromatic rings. The Balaban J connectivity index is 1.94. The second-order valence-electron chi connectivity index (χ2n) is 4.76. The molecular formula is C16H13N3O2. The molecule has 1 aromatic heterocycles. The van der Waals surface area contributed by atoms with Gasteiger partial charge in [-0.2, -0.15) is 10.2 Å². The van der Waals surface area contributed by atoms with Crippen molar-refractivity contribution in [1.82, 2.24) is 10.1 Å². The molecule has 3 rings (SSSR count). The summed E-state index contributed by atoms with van der Waals surface area (Å²) >= 11 is 0. The zero-order valence-corrected chi connectivity index (χ0v) is 11.2. The largest absolute Gasteiger partial charge is 0.392 e. The standard InChI is InChI=1S/C16H13N3O2/c17-9-8-12(20)10-15-18-16(19-21-15)14-7-3-5-11-4-1-2-6-13(11)14/h1-7,12,20H,8,10H2. The minimum absolute atomic E-state index is 0.0476. The smallest absolute Gasteiger partial charge is 0.229 e. The monoisotopic (exact) mass is 279 g/mol. The number of hydrogen-bond acceptors (Lipinski definition) is 5. The number of rotatable bonds is 4. The molecule has 0 amide bonds. The lowest BCUT2D eigenvalue weighted by atomic mass is 10.0. The van der Waals surface area contributed by atoms with Crippen LogP contribution >= 0.6 is 0 Å². The summed E-state index contributed by atoms with van der Waals surface area (Å²) in [6.45, 7) is 0.